The first-order chi connectivity index (χ1) is 7.54. The predicted molar refractivity (Wildman–Crippen MR) is 71.7 cm³/mol. The summed E-state index contributed by atoms with van der Waals surface area (Å²) >= 11 is 0. The highest BCUT2D eigenvalue weighted by atomic mass is 14.5. The van der Waals surface area contributed by atoms with Gasteiger partial charge in [-0.15, -0.1) is 0 Å². The van der Waals surface area contributed by atoms with Crippen molar-refractivity contribution in [1.29, 1.82) is 0 Å². The molecule has 84 valence electrons. The van der Waals surface area contributed by atoms with E-state index in [1.807, 2.05) is 6.07 Å². The molecule has 16 heavy (non-hydrogen) atoms. The Morgan fingerprint density at radius 2 is 1.81 bits per heavy atom. The number of hydrogen-bond acceptors (Lipinski definition) is 1. The van der Waals surface area contributed by atoms with Gasteiger partial charge in [0.1, 0.15) is 0 Å². The summed E-state index contributed by atoms with van der Waals surface area (Å²) in [7, 11) is 0. The molecular weight excluding hydrogens is 194 g/mol. The minimum Gasteiger partial charge on any atom is -0.399 e. The molecule has 0 heterocycles. The fourth-order valence-electron chi connectivity index (χ4n) is 2.08. The molecular formula is C15H19N. The lowest BCUT2D eigenvalue weighted by Crippen LogP contribution is -2.16. The van der Waals surface area contributed by atoms with Crippen molar-refractivity contribution >= 4 is 16.5 Å². The van der Waals surface area contributed by atoms with E-state index in [0.29, 0.717) is 0 Å². The second-order valence-electron chi connectivity index (χ2n) is 5.03. The van der Waals surface area contributed by atoms with Crippen molar-refractivity contribution in [3.63, 3.8) is 0 Å². The second-order valence-corrected chi connectivity index (χ2v) is 5.03. The first kappa shape index (κ1) is 11.0. The van der Waals surface area contributed by atoms with Gasteiger partial charge in [-0.25, -0.2) is 0 Å². The van der Waals surface area contributed by atoms with Crippen LogP contribution in [0.4, 0.5) is 5.69 Å². The lowest BCUT2D eigenvalue weighted by molar-refractivity contribution is 0.511. The summed E-state index contributed by atoms with van der Waals surface area (Å²) in [6, 6.07) is 12.6. The zero-order valence-corrected chi connectivity index (χ0v) is 10.2. The van der Waals surface area contributed by atoms with E-state index in [1.54, 1.807) is 0 Å². The molecule has 1 nitrogen and oxygen atoms in total. The molecule has 0 aliphatic heterocycles. The van der Waals surface area contributed by atoms with Gasteiger partial charge in [0.2, 0.25) is 0 Å². The highest BCUT2D eigenvalue weighted by molar-refractivity contribution is 5.89. The Kier molecular flexibility index (Phi) is 2.63. The van der Waals surface area contributed by atoms with E-state index in [9.17, 15) is 0 Å². The lowest BCUT2D eigenvalue weighted by Gasteiger charge is -2.25. The van der Waals surface area contributed by atoms with Gasteiger partial charge in [0, 0.05) is 5.69 Å². The van der Waals surface area contributed by atoms with E-state index in [2.05, 4.69) is 51.1 Å². The first-order valence-corrected chi connectivity index (χ1v) is 5.83. The molecule has 0 aliphatic carbocycles. The van der Waals surface area contributed by atoms with Crippen molar-refractivity contribution in [3.8, 4) is 0 Å². The number of hydrogen-bond donors (Lipinski definition) is 1. The lowest BCUT2D eigenvalue weighted by atomic mass is 9.79. The van der Waals surface area contributed by atoms with Gasteiger partial charge in [-0.2, -0.15) is 0 Å². The summed E-state index contributed by atoms with van der Waals surface area (Å²) < 4.78 is 0. The fourth-order valence-corrected chi connectivity index (χ4v) is 2.08. The zero-order chi connectivity index (χ0) is 11.8. The molecule has 0 aromatic heterocycles. The zero-order valence-electron chi connectivity index (χ0n) is 10.2. The predicted octanol–water partition coefficient (Wildman–Crippen LogP) is 4.11. The molecule has 2 rings (SSSR count). The van der Waals surface area contributed by atoms with Crippen molar-refractivity contribution < 1.29 is 0 Å². The molecule has 0 atom stereocenters. The van der Waals surface area contributed by atoms with E-state index < -0.39 is 0 Å². The van der Waals surface area contributed by atoms with Gasteiger partial charge in [-0.05, 0) is 40.3 Å². The van der Waals surface area contributed by atoms with Crippen LogP contribution < -0.4 is 5.73 Å². The molecule has 2 aromatic rings. The molecule has 0 saturated heterocycles. The van der Waals surface area contributed by atoms with Crippen LogP contribution in [0.1, 0.15) is 32.8 Å². The Labute approximate surface area is 97.3 Å². The quantitative estimate of drug-likeness (QED) is 0.746. The van der Waals surface area contributed by atoms with Crippen LogP contribution in [0.2, 0.25) is 0 Å². The molecule has 2 aromatic carbocycles. The van der Waals surface area contributed by atoms with Crippen LogP contribution in [-0.2, 0) is 5.41 Å². The molecule has 0 radical (unpaired) electrons. The normalized spacial score (nSPS) is 11.9. The van der Waals surface area contributed by atoms with Crippen molar-refractivity contribution in [2.75, 3.05) is 5.73 Å². The van der Waals surface area contributed by atoms with Crippen LogP contribution in [0.3, 0.4) is 0 Å². The molecule has 0 saturated carbocycles. The summed E-state index contributed by atoms with van der Waals surface area (Å²) in [5.41, 5.74) is 8.36. The van der Waals surface area contributed by atoms with Gasteiger partial charge < -0.3 is 5.73 Å². The molecule has 0 fully saturated rings. The third kappa shape index (κ3) is 1.78. The maximum atomic E-state index is 5.98. The Balaban J connectivity index is 2.77. The summed E-state index contributed by atoms with van der Waals surface area (Å²) in [5.74, 6) is 0. The fraction of sp³-hybridized carbons (Fsp3) is 0.333. The molecule has 0 unspecified atom stereocenters. The number of nitrogens with two attached hydrogens (primary N) is 1. The van der Waals surface area contributed by atoms with Gasteiger partial charge >= 0.3 is 0 Å². The maximum absolute atomic E-state index is 5.98. The first-order valence-electron chi connectivity index (χ1n) is 5.83. The maximum Gasteiger partial charge on any atom is 0.0323 e. The summed E-state index contributed by atoms with van der Waals surface area (Å²) in [4.78, 5) is 0. The Hall–Kier alpha value is -1.50. The van der Waals surface area contributed by atoms with E-state index in [1.165, 1.54) is 16.3 Å². The molecule has 0 amide bonds. The SMILES string of the molecule is CCC(C)(C)c1cc(N)cc2ccccc12. The Bertz CT molecular complexity index is 512. The van der Waals surface area contributed by atoms with Crippen LogP contribution in [0.5, 0.6) is 0 Å². The van der Waals surface area contributed by atoms with Crippen molar-refractivity contribution in [2.24, 2.45) is 0 Å². The minimum absolute atomic E-state index is 0.176. The van der Waals surface area contributed by atoms with Gasteiger partial charge in [0.15, 0.2) is 0 Å². The molecule has 0 spiro atoms. The van der Waals surface area contributed by atoms with Gasteiger partial charge in [0.25, 0.3) is 0 Å². The topological polar surface area (TPSA) is 26.0 Å². The van der Waals surface area contributed by atoms with E-state index >= 15 is 0 Å². The largest absolute Gasteiger partial charge is 0.399 e. The Morgan fingerprint density at radius 1 is 1.12 bits per heavy atom. The minimum atomic E-state index is 0.176. The molecule has 2 N–H and O–H groups in total. The van der Waals surface area contributed by atoms with Crippen LogP contribution in [0.15, 0.2) is 36.4 Å². The van der Waals surface area contributed by atoms with Crippen LogP contribution in [-0.4, -0.2) is 0 Å². The van der Waals surface area contributed by atoms with E-state index in [-0.39, 0.29) is 5.41 Å². The molecule has 0 bridgehead atoms. The third-order valence-corrected chi connectivity index (χ3v) is 3.50. The second kappa shape index (κ2) is 3.82. The number of fused-ring (bicyclic) bond motifs is 1. The van der Waals surface area contributed by atoms with E-state index in [0.717, 1.165) is 12.1 Å². The molecule has 0 aliphatic rings. The van der Waals surface area contributed by atoms with Crippen molar-refractivity contribution in [1.82, 2.24) is 0 Å². The average molecular weight is 213 g/mol. The number of nitrogen functional groups attached to an aromatic ring is 1. The summed E-state index contributed by atoms with van der Waals surface area (Å²) in [5, 5.41) is 2.56. The van der Waals surface area contributed by atoms with Crippen LogP contribution in [0, 0.1) is 0 Å². The monoisotopic (exact) mass is 213 g/mol. The number of anilines is 1. The van der Waals surface area contributed by atoms with Gasteiger partial charge in [-0.3, -0.25) is 0 Å². The van der Waals surface area contributed by atoms with Gasteiger partial charge in [0.05, 0.1) is 0 Å². The number of benzene rings is 2. The van der Waals surface area contributed by atoms with Crippen molar-refractivity contribution in [3.05, 3.63) is 42.0 Å². The molecule has 1 heteroatoms. The van der Waals surface area contributed by atoms with Crippen LogP contribution >= 0.6 is 0 Å². The van der Waals surface area contributed by atoms with Crippen LogP contribution in [0.25, 0.3) is 10.8 Å². The summed E-state index contributed by atoms with van der Waals surface area (Å²) in [6.07, 6.45) is 1.11. The Morgan fingerprint density at radius 3 is 2.50 bits per heavy atom. The standard InChI is InChI=1S/C15H19N/c1-4-15(2,3)14-10-12(16)9-11-7-5-6-8-13(11)14/h5-10H,4,16H2,1-3H3. The van der Waals surface area contributed by atoms with Crippen molar-refractivity contribution in [2.45, 2.75) is 32.6 Å². The smallest absolute Gasteiger partial charge is 0.0323 e. The van der Waals surface area contributed by atoms with Gasteiger partial charge in [-0.1, -0.05) is 45.0 Å². The average Bonchev–Trinajstić information content (AvgIpc) is 2.28. The number of rotatable bonds is 2. The summed E-state index contributed by atoms with van der Waals surface area (Å²) in [6.45, 7) is 6.76. The third-order valence-electron chi connectivity index (χ3n) is 3.50. The highest BCUT2D eigenvalue weighted by Crippen LogP contribution is 2.34. The van der Waals surface area contributed by atoms with E-state index in [4.69, 9.17) is 5.73 Å². The highest BCUT2D eigenvalue weighted by Gasteiger charge is 2.20.